The second-order valence-electron chi connectivity index (χ2n) is 9.93. The maximum Gasteiger partial charge on any atom is 0.220 e. The first-order valence-electron chi connectivity index (χ1n) is 12.3. The van der Waals surface area contributed by atoms with Gasteiger partial charge >= 0.3 is 0 Å². The molecule has 3 aliphatic heterocycles. The summed E-state index contributed by atoms with van der Waals surface area (Å²) in [6.07, 6.45) is 3.38. The largest absolute Gasteiger partial charge is 0.382 e. The Labute approximate surface area is 194 Å². The van der Waals surface area contributed by atoms with E-state index >= 15 is 0 Å². The normalized spacial score (nSPS) is 40.3. The van der Waals surface area contributed by atoms with Gasteiger partial charge in [-0.25, -0.2) is 0 Å². The highest BCUT2D eigenvalue weighted by Crippen LogP contribution is 2.62. The van der Waals surface area contributed by atoms with Crippen molar-refractivity contribution in [2.24, 2.45) is 0 Å². The first kappa shape index (κ1) is 23.2. The minimum absolute atomic E-state index is 0.0700. The minimum atomic E-state index is -1.25. The lowest BCUT2D eigenvalue weighted by Gasteiger charge is -2.34. The van der Waals surface area contributed by atoms with Gasteiger partial charge in [-0.3, -0.25) is 4.79 Å². The summed E-state index contributed by atoms with van der Waals surface area (Å²) in [5.41, 5.74) is -1.07. The predicted molar refractivity (Wildman–Crippen MR) is 118 cm³/mol. The number of rotatable bonds is 11. The van der Waals surface area contributed by atoms with E-state index in [1.807, 2.05) is 30.3 Å². The van der Waals surface area contributed by atoms with Gasteiger partial charge in [0.05, 0.1) is 19.3 Å². The van der Waals surface area contributed by atoms with Crippen LogP contribution in [-0.2, 0) is 30.3 Å². The number of hydrogen-bond acceptors (Lipinski definition) is 7. The van der Waals surface area contributed by atoms with Crippen molar-refractivity contribution >= 4 is 5.91 Å². The summed E-state index contributed by atoms with van der Waals surface area (Å²) in [7, 11) is 0. The van der Waals surface area contributed by atoms with Gasteiger partial charge in [0.2, 0.25) is 5.91 Å². The SMILES string of the molecule is CCCCCCCC(=O)N[C@H]1CC2(OC1O)[C@@H]1O[C@@H]1C(O)(COCc1ccccc1)[C@@H]1O[C@@H]12. The lowest BCUT2D eigenvalue weighted by Crippen LogP contribution is -2.58. The first-order chi connectivity index (χ1) is 16.0. The van der Waals surface area contributed by atoms with E-state index in [4.69, 9.17) is 18.9 Å². The number of aliphatic hydroxyl groups excluding tert-OH is 1. The van der Waals surface area contributed by atoms with Gasteiger partial charge in [0.15, 0.2) is 6.29 Å². The maximum atomic E-state index is 12.4. The Hall–Kier alpha value is -1.55. The molecule has 5 rings (SSSR count). The summed E-state index contributed by atoms with van der Waals surface area (Å²) in [6.45, 7) is 2.65. The van der Waals surface area contributed by atoms with Gasteiger partial charge in [-0.05, 0) is 12.0 Å². The highest BCUT2D eigenvalue weighted by atomic mass is 16.7. The van der Waals surface area contributed by atoms with Crippen molar-refractivity contribution < 1.29 is 34.0 Å². The number of epoxide rings is 2. The van der Waals surface area contributed by atoms with Crippen molar-refractivity contribution in [3.05, 3.63) is 35.9 Å². The van der Waals surface area contributed by atoms with E-state index in [2.05, 4.69) is 12.2 Å². The number of unbranched alkanes of at least 4 members (excludes halogenated alkanes) is 4. The Balaban J connectivity index is 1.14. The average molecular weight is 462 g/mol. The van der Waals surface area contributed by atoms with Crippen LogP contribution in [0.25, 0.3) is 0 Å². The number of benzene rings is 1. The molecular weight excluding hydrogens is 426 g/mol. The molecule has 8 heteroatoms. The minimum Gasteiger partial charge on any atom is -0.382 e. The third-order valence-corrected chi connectivity index (χ3v) is 7.45. The molecule has 33 heavy (non-hydrogen) atoms. The Morgan fingerprint density at radius 2 is 1.79 bits per heavy atom. The lowest BCUT2D eigenvalue weighted by atomic mass is 9.74. The van der Waals surface area contributed by atoms with E-state index in [1.54, 1.807) is 0 Å². The molecule has 1 spiro atoms. The van der Waals surface area contributed by atoms with Crippen LogP contribution in [0.1, 0.15) is 57.4 Å². The van der Waals surface area contributed by atoms with Gasteiger partial charge in [0.25, 0.3) is 0 Å². The number of aliphatic hydroxyl groups is 2. The fourth-order valence-corrected chi connectivity index (χ4v) is 5.58. The number of hydrogen-bond donors (Lipinski definition) is 3. The molecule has 3 heterocycles. The van der Waals surface area contributed by atoms with Crippen molar-refractivity contribution in [3.63, 3.8) is 0 Å². The third kappa shape index (κ3) is 4.45. The Bertz CT molecular complexity index is 815. The molecule has 1 amide bonds. The topological polar surface area (TPSA) is 113 Å². The quantitative estimate of drug-likeness (QED) is 0.340. The molecule has 8 nitrogen and oxygen atoms in total. The summed E-state index contributed by atoms with van der Waals surface area (Å²) < 4.78 is 23.5. The molecule has 8 atom stereocenters. The number of nitrogens with one attached hydrogen (secondary N) is 1. The zero-order valence-corrected chi connectivity index (χ0v) is 19.2. The monoisotopic (exact) mass is 461 g/mol. The fraction of sp³-hybridized carbons (Fsp3) is 0.720. The second-order valence-corrected chi connectivity index (χ2v) is 9.93. The van der Waals surface area contributed by atoms with Crippen LogP contribution in [0, 0.1) is 0 Å². The van der Waals surface area contributed by atoms with Crippen molar-refractivity contribution in [1.82, 2.24) is 5.32 Å². The molecule has 4 aliphatic rings. The third-order valence-electron chi connectivity index (χ3n) is 7.45. The van der Waals surface area contributed by atoms with Crippen LogP contribution < -0.4 is 5.32 Å². The van der Waals surface area contributed by atoms with Gasteiger partial charge < -0.3 is 34.5 Å². The number of carbonyl (C=O) groups excluding carboxylic acids is 1. The molecule has 1 aromatic rings. The average Bonchev–Trinajstić information content (AvgIpc) is 3.72. The molecule has 1 aromatic carbocycles. The molecule has 0 bridgehead atoms. The van der Waals surface area contributed by atoms with Crippen LogP contribution in [0.4, 0.5) is 0 Å². The van der Waals surface area contributed by atoms with Crippen molar-refractivity contribution in [3.8, 4) is 0 Å². The smallest absolute Gasteiger partial charge is 0.220 e. The first-order valence-corrected chi connectivity index (χ1v) is 12.3. The predicted octanol–water partition coefficient (Wildman–Crippen LogP) is 1.81. The van der Waals surface area contributed by atoms with Crippen LogP contribution in [0.5, 0.6) is 0 Å². The fourth-order valence-electron chi connectivity index (χ4n) is 5.58. The number of carbonyl (C=O) groups is 1. The summed E-state index contributed by atoms with van der Waals surface area (Å²) in [4.78, 5) is 12.4. The molecule has 1 aliphatic carbocycles. The highest BCUT2D eigenvalue weighted by molar-refractivity contribution is 5.76. The van der Waals surface area contributed by atoms with E-state index in [9.17, 15) is 15.0 Å². The summed E-state index contributed by atoms with van der Waals surface area (Å²) in [5, 5.41) is 24.7. The van der Waals surface area contributed by atoms with E-state index in [0.29, 0.717) is 19.4 Å². The van der Waals surface area contributed by atoms with Crippen LogP contribution >= 0.6 is 0 Å². The van der Waals surface area contributed by atoms with E-state index in [-0.39, 0.29) is 12.5 Å². The van der Waals surface area contributed by atoms with Gasteiger partial charge in [-0.2, -0.15) is 0 Å². The number of ether oxygens (including phenoxy) is 4. The summed E-state index contributed by atoms with van der Waals surface area (Å²) in [5.74, 6) is -0.0700. The van der Waals surface area contributed by atoms with Crippen LogP contribution in [0.15, 0.2) is 30.3 Å². The second kappa shape index (κ2) is 9.24. The Kier molecular flexibility index (Phi) is 6.50. The molecule has 0 radical (unpaired) electrons. The molecule has 4 fully saturated rings. The lowest BCUT2D eigenvalue weighted by molar-refractivity contribution is -0.162. The number of fused-ring (bicyclic) bond motifs is 4. The molecule has 1 saturated carbocycles. The van der Waals surface area contributed by atoms with Gasteiger partial charge in [-0.15, -0.1) is 0 Å². The van der Waals surface area contributed by atoms with Crippen molar-refractivity contribution in [2.45, 2.75) is 106 Å². The summed E-state index contributed by atoms with van der Waals surface area (Å²) in [6, 6.07) is 9.27. The molecule has 0 aromatic heterocycles. The Morgan fingerprint density at radius 1 is 1.09 bits per heavy atom. The molecular formula is C25H35NO7. The van der Waals surface area contributed by atoms with E-state index in [1.165, 1.54) is 12.8 Å². The van der Waals surface area contributed by atoms with Crippen LogP contribution in [-0.4, -0.2) is 70.7 Å². The van der Waals surface area contributed by atoms with Gasteiger partial charge in [0.1, 0.15) is 35.6 Å². The zero-order chi connectivity index (χ0) is 23.1. The van der Waals surface area contributed by atoms with Crippen molar-refractivity contribution in [1.29, 1.82) is 0 Å². The molecule has 3 unspecified atom stereocenters. The maximum absolute atomic E-state index is 12.4. The van der Waals surface area contributed by atoms with E-state index in [0.717, 1.165) is 24.8 Å². The highest BCUT2D eigenvalue weighted by Gasteiger charge is 2.83. The van der Waals surface area contributed by atoms with Gasteiger partial charge in [0, 0.05) is 12.8 Å². The van der Waals surface area contributed by atoms with Gasteiger partial charge in [-0.1, -0.05) is 62.9 Å². The van der Waals surface area contributed by atoms with Crippen LogP contribution in [0.3, 0.4) is 0 Å². The van der Waals surface area contributed by atoms with Crippen molar-refractivity contribution in [2.75, 3.05) is 6.61 Å². The molecule has 182 valence electrons. The number of amides is 1. The standard InChI is InChI=1S/C25H35NO7/c1-2-3-4-5-9-12-18(27)26-17-13-25(33-23(17)28)21-19(31-21)24(29,20-22(25)32-20)15-30-14-16-10-7-6-8-11-16/h6-8,10-11,17,19-23,28-29H,2-5,9,12-15H2,1H3,(H,26,27)/t17-,19-,20+,21+,22-,23?,24?,25?/m0/s1. The zero-order valence-electron chi connectivity index (χ0n) is 19.2. The Morgan fingerprint density at radius 3 is 2.48 bits per heavy atom. The molecule has 3 N–H and O–H groups in total. The van der Waals surface area contributed by atoms with Crippen LogP contribution in [0.2, 0.25) is 0 Å². The summed E-state index contributed by atoms with van der Waals surface area (Å²) >= 11 is 0. The van der Waals surface area contributed by atoms with E-state index < -0.39 is 47.9 Å². The molecule has 3 saturated heterocycles.